The van der Waals surface area contributed by atoms with Gasteiger partial charge < -0.3 is 10.8 Å². The number of aromatic nitrogens is 4. The average Bonchev–Trinajstić information content (AvgIpc) is 2.61. The number of hydrogen-bond donors (Lipinski definition) is 2. The van der Waals surface area contributed by atoms with Gasteiger partial charge in [0.1, 0.15) is 6.04 Å². The van der Waals surface area contributed by atoms with Gasteiger partial charge in [0.05, 0.1) is 29.0 Å². The lowest BCUT2D eigenvalue weighted by Gasteiger charge is -2.11. The Bertz CT molecular complexity index is 1070. The summed E-state index contributed by atoms with van der Waals surface area (Å²) >= 11 is 0. The third-order valence-electron chi connectivity index (χ3n) is 3.89. The average molecular weight is 341 g/mol. The lowest BCUT2D eigenvalue weighted by Crippen LogP contribution is -2.38. The molecular weight excluding hydrogens is 326 g/mol. The smallest absolute Gasteiger partial charge is 0.335 e. The van der Waals surface area contributed by atoms with Gasteiger partial charge in [0.2, 0.25) is 0 Å². The lowest BCUT2D eigenvalue weighted by atomic mass is 10.1. The summed E-state index contributed by atoms with van der Waals surface area (Å²) in [6, 6.07) is 3.55. The number of carboxylic acid groups (broad SMARTS) is 1. The number of pyridine rings is 2. The maximum atomic E-state index is 12.7. The fourth-order valence-electron chi connectivity index (χ4n) is 2.50. The zero-order valence-corrected chi connectivity index (χ0v) is 13.3. The van der Waals surface area contributed by atoms with Gasteiger partial charge in [-0.05, 0) is 18.2 Å². The first-order valence-electron chi connectivity index (χ1n) is 7.39. The molecule has 25 heavy (non-hydrogen) atoms. The van der Waals surface area contributed by atoms with E-state index >= 15 is 0 Å². The number of rotatable bonds is 4. The van der Waals surface area contributed by atoms with Crippen LogP contribution in [0.5, 0.6) is 0 Å². The van der Waals surface area contributed by atoms with E-state index in [1.54, 1.807) is 19.2 Å². The molecule has 0 radical (unpaired) electrons. The second kappa shape index (κ2) is 6.29. The van der Waals surface area contributed by atoms with E-state index in [2.05, 4.69) is 9.97 Å². The van der Waals surface area contributed by atoms with Gasteiger partial charge in [-0.1, -0.05) is 0 Å². The van der Waals surface area contributed by atoms with Crippen LogP contribution in [-0.2, 0) is 18.3 Å². The Hall–Kier alpha value is -3.33. The van der Waals surface area contributed by atoms with E-state index in [1.165, 1.54) is 29.2 Å². The predicted molar refractivity (Wildman–Crippen MR) is 89.7 cm³/mol. The molecule has 0 saturated carbocycles. The van der Waals surface area contributed by atoms with Crippen molar-refractivity contribution in [3.05, 3.63) is 63.3 Å². The molecule has 0 amide bonds. The quantitative estimate of drug-likeness (QED) is 0.649. The van der Waals surface area contributed by atoms with Crippen molar-refractivity contribution in [2.24, 2.45) is 12.8 Å². The van der Waals surface area contributed by atoms with Crippen LogP contribution in [0.1, 0.15) is 5.69 Å². The van der Waals surface area contributed by atoms with Crippen molar-refractivity contribution in [1.82, 2.24) is 19.1 Å². The molecule has 128 valence electrons. The molecule has 0 aromatic carbocycles. The van der Waals surface area contributed by atoms with E-state index in [0.29, 0.717) is 16.6 Å². The normalized spacial score (nSPS) is 12.2. The van der Waals surface area contributed by atoms with Crippen molar-refractivity contribution >= 4 is 16.9 Å². The fourth-order valence-corrected chi connectivity index (χ4v) is 2.50. The van der Waals surface area contributed by atoms with E-state index in [-0.39, 0.29) is 12.1 Å². The van der Waals surface area contributed by atoms with Crippen LogP contribution in [0.3, 0.4) is 0 Å². The third-order valence-corrected chi connectivity index (χ3v) is 3.89. The maximum absolute atomic E-state index is 12.7. The number of fused-ring (bicyclic) bond motifs is 1. The molecule has 0 bridgehead atoms. The minimum atomic E-state index is -1.13. The van der Waals surface area contributed by atoms with Crippen molar-refractivity contribution in [2.75, 3.05) is 0 Å². The third kappa shape index (κ3) is 2.92. The zero-order chi connectivity index (χ0) is 18.1. The molecule has 0 saturated heterocycles. The molecule has 0 aliphatic heterocycles. The minimum absolute atomic E-state index is 0.0475. The predicted octanol–water partition coefficient (Wildman–Crippen LogP) is -0.566. The zero-order valence-electron chi connectivity index (χ0n) is 13.3. The molecule has 3 aromatic heterocycles. The number of carboxylic acids is 1. The van der Waals surface area contributed by atoms with Crippen molar-refractivity contribution in [2.45, 2.75) is 12.5 Å². The maximum Gasteiger partial charge on any atom is 0.335 e. The second-order valence-corrected chi connectivity index (χ2v) is 5.53. The van der Waals surface area contributed by atoms with Crippen LogP contribution in [0.15, 0.2) is 46.4 Å². The SMILES string of the molecule is Cn1c(=O)n(-c2ccc(CC(N)C(=O)O)nc2)c(=O)c2ccncc21. The van der Waals surface area contributed by atoms with Crippen molar-refractivity contribution in [3.63, 3.8) is 0 Å². The monoisotopic (exact) mass is 341 g/mol. The fraction of sp³-hybridized carbons (Fsp3) is 0.188. The van der Waals surface area contributed by atoms with E-state index in [0.717, 1.165) is 4.57 Å². The first-order chi connectivity index (χ1) is 11.9. The van der Waals surface area contributed by atoms with Gasteiger partial charge in [-0.3, -0.25) is 24.1 Å². The number of hydrogen-bond acceptors (Lipinski definition) is 6. The van der Waals surface area contributed by atoms with Gasteiger partial charge in [0.25, 0.3) is 5.56 Å². The molecular formula is C16H15N5O4. The van der Waals surface area contributed by atoms with Crippen LogP contribution in [0.4, 0.5) is 0 Å². The Morgan fingerprint density at radius 2 is 2.04 bits per heavy atom. The number of aliphatic carboxylic acids is 1. The molecule has 1 unspecified atom stereocenters. The highest BCUT2D eigenvalue weighted by atomic mass is 16.4. The molecule has 3 heterocycles. The van der Waals surface area contributed by atoms with Gasteiger partial charge in [0, 0.05) is 25.4 Å². The van der Waals surface area contributed by atoms with Crippen LogP contribution in [0, 0.1) is 0 Å². The summed E-state index contributed by atoms with van der Waals surface area (Å²) < 4.78 is 2.34. The van der Waals surface area contributed by atoms with E-state index in [4.69, 9.17) is 10.8 Å². The number of carbonyl (C=O) groups is 1. The topological polar surface area (TPSA) is 133 Å². The summed E-state index contributed by atoms with van der Waals surface area (Å²) in [5.74, 6) is -1.13. The van der Waals surface area contributed by atoms with E-state index in [1.807, 2.05) is 0 Å². The summed E-state index contributed by atoms with van der Waals surface area (Å²) in [4.78, 5) is 44.0. The summed E-state index contributed by atoms with van der Waals surface area (Å²) in [7, 11) is 1.55. The highest BCUT2D eigenvalue weighted by molar-refractivity contribution is 5.77. The lowest BCUT2D eigenvalue weighted by molar-refractivity contribution is -0.138. The number of aryl methyl sites for hydroxylation is 1. The number of nitrogens with two attached hydrogens (primary N) is 1. The minimum Gasteiger partial charge on any atom is -0.480 e. The van der Waals surface area contributed by atoms with E-state index in [9.17, 15) is 14.4 Å². The molecule has 0 spiro atoms. The van der Waals surface area contributed by atoms with Gasteiger partial charge in [-0.2, -0.15) is 0 Å². The molecule has 1 atom stereocenters. The summed E-state index contributed by atoms with van der Waals surface area (Å²) in [5.41, 5.74) is 5.65. The summed E-state index contributed by atoms with van der Waals surface area (Å²) in [6.07, 6.45) is 4.33. The molecule has 3 aromatic rings. The van der Waals surface area contributed by atoms with Crippen LogP contribution in [0.2, 0.25) is 0 Å². The molecule has 0 aliphatic rings. The van der Waals surface area contributed by atoms with Crippen molar-refractivity contribution in [3.8, 4) is 5.69 Å². The van der Waals surface area contributed by atoms with Crippen molar-refractivity contribution < 1.29 is 9.90 Å². The molecule has 0 fully saturated rings. The van der Waals surface area contributed by atoms with Gasteiger partial charge in [-0.15, -0.1) is 0 Å². The Morgan fingerprint density at radius 3 is 2.68 bits per heavy atom. The van der Waals surface area contributed by atoms with E-state index < -0.39 is 23.3 Å². The number of nitrogens with zero attached hydrogens (tertiary/aromatic N) is 4. The Morgan fingerprint density at radius 1 is 1.28 bits per heavy atom. The first-order valence-corrected chi connectivity index (χ1v) is 7.39. The van der Waals surface area contributed by atoms with Gasteiger partial charge in [0.15, 0.2) is 0 Å². The molecule has 9 heteroatoms. The van der Waals surface area contributed by atoms with Gasteiger partial charge >= 0.3 is 11.7 Å². The molecule has 9 nitrogen and oxygen atoms in total. The first kappa shape index (κ1) is 16.5. The van der Waals surface area contributed by atoms with Crippen LogP contribution in [0.25, 0.3) is 16.6 Å². The highest BCUT2D eigenvalue weighted by Crippen LogP contribution is 2.08. The molecule has 0 aliphatic carbocycles. The molecule has 3 rings (SSSR count). The Balaban J connectivity index is 2.10. The summed E-state index contributed by atoms with van der Waals surface area (Å²) in [6.45, 7) is 0. The van der Waals surface area contributed by atoms with Gasteiger partial charge in [-0.25, -0.2) is 9.36 Å². The standard InChI is InChI=1S/C16H15N5O4/c1-20-13-8-18-5-4-11(13)14(22)21(16(20)25)10-3-2-9(19-7-10)6-12(17)15(23)24/h2-5,7-8,12H,6,17H2,1H3,(H,23,24). The Labute approximate surface area is 141 Å². The van der Waals surface area contributed by atoms with Crippen LogP contribution < -0.4 is 17.0 Å². The van der Waals surface area contributed by atoms with Crippen LogP contribution in [-0.4, -0.2) is 36.2 Å². The highest BCUT2D eigenvalue weighted by Gasteiger charge is 2.15. The largest absolute Gasteiger partial charge is 0.480 e. The summed E-state index contributed by atoms with van der Waals surface area (Å²) in [5, 5.41) is 9.19. The Kier molecular flexibility index (Phi) is 4.15. The van der Waals surface area contributed by atoms with Crippen molar-refractivity contribution in [1.29, 1.82) is 0 Å². The molecule has 3 N–H and O–H groups in total. The van der Waals surface area contributed by atoms with Crippen LogP contribution >= 0.6 is 0 Å². The second-order valence-electron chi connectivity index (χ2n) is 5.53.